The van der Waals surface area contributed by atoms with Crippen LogP contribution >= 0.6 is 0 Å². The number of nitrogens with zero attached hydrogens (tertiary/aromatic N) is 1. The molecule has 2 N–H and O–H groups in total. The summed E-state index contributed by atoms with van der Waals surface area (Å²) >= 11 is 0. The number of hydrogen-bond acceptors (Lipinski definition) is 3. The highest BCUT2D eigenvalue weighted by atomic mass is 16.3. The van der Waals surface area contributed by atoms with E-state index in [1.54, 1.807) is 31.2 Å². The molecule has 1 atom stereocenters. The molecule has 0 saturated carbocycles. The van der Waals surface area contributed by atoms with Crippen molar-refractivity contribution in [2.45, 2.75) is 45.8 Å². The Labute approximate surface area is 123 Å². The minimum absolute atomic E-state index is 0.00127. The predicted octanol–water partition coefficient (Wildman–Crippen LogP) is 1.88. The van der Waals surface area contributed by atoms with Crippen molar-refractivity contribution in [2.24, 2.45) is 5.92 Å². The molecule has 0 saturated heterocycles. The van der Waals surface area contributed by atoms with Crippen LogP contribution in [-0.2, 0) is 6.54 Å². The van der Waals surface area contributed by atoms with Crippen molar-refractivity contribution in [3.63, 3.8) is 0 Å². The van der Waals surface area contributed by atoms with Gasteiger partial charge in [0, 0.05) is 0 Å². The van der Waals surface area contributed by atoms with Crippen LogP contribution < -0.4 is 11.2 Å². The fourth-order valence-corrected chi connectivity index (χ4v) is 2.36. The standard InChI is InChI=1S/C16H22N2O3/c1-11(2)8-9-16(3,21)10-18-14(19)12-6-4-5-7-13(12)17-15(18)20/h4-7,11,21H,8-10H2,1-3H3,(H,17,20). The van der Waals surface area contributed by atoms with Crippen molar-refractivity contribution in [3.8, 4) is 0 Å². The van der Waals surface area contributed by atoms with Crippen molar-refractivity contribution in [3.05, 3.63) is 45.1 Å². The summed E-state index contributed by atoms with van der Waals surface area (Å²) in [6.07, 6.45) is 1.39. The van der Waals surface area contributed by atoms with Crippen LogP contribution in [0.15, 0.2) is 33.9 Å². The van der Waals surface area contributed by atoms with Gasteiger partial charge in [0.2, 0.25) is 0 Å². The highest BCUT2D eigenvalue weighted by Crippen LogP contribution is 2.17. The Balaban J connectivity index is 2.38. The summed E-state index contributed by atoms with van der Waals surface area (Å²) in [6, 6.07) is 6.89. The summed E-state index contributed by atoms with van der Waals surface area (Å²) in [7, 11) is 0. The Morgan fingerprint density at radius 1 is 1.29 bits per heavy atom. The smallest absolute Gasteiger partial charge is 0.328 e. The first kappa shape index (κ1) is 15.5. The largest absolute Gasteiger partial charge is 0.388 e. The van der Waals surface area contributed by atoms with Gasteiger partial charge in [0.1, 0.15) is 0 Å². The number of para-hydroxylation sites is 1. The van der Waals surface area contributed by atoms with E-state index in [-0.39, 0.29) is 12.1 Å². The summed E-state index contributed by atoms with van der Waals surface area (Å²) < 4.78 is 1.09. The summed E-state index contributed by atoms with van der Waals surface area (Å²) in [4.78, 5) is 27.1. The molecule has 1 heterocycles. The zero-order valence-electron chi connectivity index (χ0n) is 12.7. The second-order valence-corrected chi connectivity index (χ2v) is 6.30. The molecule has 1 aromatic carbocycles. The number of aromatic amines is 1. The van der Waals surface area contributed by atoms with Crippen molar-refractivity contribution < 1.29 is 5.11 Å². The molecule has 1 aromatic heterocycles. The second kappa shape index (κ2) is 5.85. The predicted molar refractivity (Wildman–Crippen MR) is 83.5 cm³/mol. The van der Waals surface area contributed by atoms with E-state index in [0.29, 0.717) is 23.2 Å². The fourth-order valence-electron chi connectivity index (χ4n) is 2.36. The molecule has 1 unspecified atom stereocenters. The zero-order chi connectivity index (χ0) is 15.6. The lowest BCUT2D eigenvalue weighted by Crippen LogP contribution is -2.43. The minimum Gasteiger partial charge on any atom is -0.388 e. The third-order valence-electron chi connectivity index (χ3n) is 3.65. The van der Waals surface area contributed by atoms with Gasteiger partial charge in [-0.2, -0.15) is 0 Å². The molecule has 2 aromatic rings. The molecular formula is C16H22N2O3. The lowest BCUT2D eigenvalue weighted by atomic mass is 9.95. The molecule has 114 valence electrons. The molecule has 21 heavy (non-hydrogen) atoms. The van der Waals surface area contributed by atoms with Crippen LogP contribution in [0.25, 0.3) is 10.9 Å². The van der Waals surface area contributed by atoms with Crippen molar-refractivity contribution in [1.29, 1.82) is 0 Å². The van der Waals surface area contributed by atoms with E-state index >= 15 is 0 Å². The molecule has 0 aliphatic rings. The van der Waals surface area contributed by atoms with Gasteiger partial charge in [-0.25, -0.2) is 4.79 Å². The first-order valence-corrected chi connectivity index (χ1v) is 7.24. The first-order chi connectivity index (χ1) is 9.80. The number of nitrogens with one attached hydrogen (secondary N) is 1. The SMILES string of the molecule is CC(C)CCC(C)(O)Cn1c(=O)[nH]c2ccccc2c1=O. The van der Waals surface area contributed by atoms with Gasteiger partial charge in [0.15, 0.2) is 0 Å². The molecule has 0 fully saturated rings. The summed E-state index contributed by atoms with van der Waals surface area (Å²) in [6.45, 7) is 5.81. The summed E-state index contributed by atoms with van der Waals surface area (Å²) in [5.41, 5.74) is -1.41. The number of fused-ring (bicyclic) bond motifs is 1. The summed E-state index contributed by atoms with van der Waals surface area (Å²) in [5.74, 6) is 0.461. The summed E-state index contributed by atoms with van der Waals surface area (Å²) in [5, 5.41) is 10.9. The van der Waals surface area contributed by atoms with E-state index in [4.69, 9.17) is 0 Å². The Morgan fingerprint density at radius 2 is 1.95 bits per heavy atom. The van der Waals surface area contributed by atoms with Gasteiger partial charge >= 0.3 is 5.69 Å². The Kier molecular flexibility index (Phi) is 4.32. The highest BCUT2D eigenvalue weighted by Gasteiger charge is 2.23. The maximum absolute atomic E-state index is 12.4. The van der Waals surface area contributed by atoms with E-state index < -0.39 is 11.3 Å². The van der Waals surface area contributed by atoms with E-state index in [2.05, 4.69) is 18.8 Å². The van der Waals surface area contributed by atoms with Crippen molar-refractivity contribution in [1.82, 2.24) is 9.55 Å². The van der Waals surface area contributed by atoms with E-state index in [1.807, 2.05) is 0 Å². The van der Waals surface area contributed by atoms with Crippen molar-refractivity contribution >= 4 is 10.9 Å². The van der Waals surface area contributed by atoms with Crippen LogP contribution in [0.2, 0.25) is 0 Å². The van der Waals surface area contributed by atoms with E-state index in [0.717, 1.165) is 11.0 Å². The highest BCUT2D eigenvalue weighted by molar-refractivity contribution is 5.76. The van der Waals surface area contributed by atoms with Gasteiger partial charge in [0.05, 0.1) is 23.0 Å². The normalized spacial score (nSPS) is 14.5. The molecular weight excluding hydrogens is 268 g/mol. The molecule has 0 aliphatic carbocycles. The first-order valence-electron chi connectivity index (χ1n) is 7.24. The second-order valence-electron chi connectivity index (χ2n) is 6.30. The maximum atomic E-state index is 12.4. The van der Waals surface area contributed by atoms with Crippen LogP contribution in [0.4, 0.5) is 0 Å². The molecule has 0 amide bonds. The molecule has 2 rings (SSSR count). The molecule has 0 bridgehead atoms. The molecule has 0 aliphatic heterocycles. The van der Waals surface area contributed by atoms with Crippen LogP contribution in [0, 0.1) is 5.92 Å². The fraction of sp³-hybridized carbons (Fsp3) is 0.500. The van der Waals surface area contributed by atoms with E-state index in [1.165, 1.54) is 0 Å². The third-order valence-corrected chi connectivity index (χ3v) is 3.65. The minimum atomic E-state index is -1.08. The van der Waals surface area contributed by atoms with Gasteiger partial charge in [0.25, 0.3) is 5.56 Å². The average molecular weight is 290 g/mol. The number of aromatic nitrogens is 2. The average Bonchev–Trinajstić information content (AvgIpc) is 2.41. The Bertz CT molecular complexity index is 741. The molecule has 5 heteroatoms. The number of benzene rings is 1. The Hall–Kier alpha value is -1.88. The Morgan fingerprint density at radius 3 is 2.62 bits per heavy atom. The number of H-pyrrole nitrogens is 1. The van der Waals surface area contributed by atoms with Gasteiger partial charge in [-0.15, -0.1) is 0 Å². The zero-order valence-corrected chi connectivity index (χ0v) is 12.7. The quantitative estimate of drug-likeness (QED) is 0.883. The van der Waals surface area contributed by atoms with E-state index in [9.17, 15) is 14.7 Å². The van der Waals surface area contributed by atoms with Crippen LogP contribution in [0.1, 0.15) is 33.6 Å². The lowest BCUT2D eigenvalue weighted by molar-refractivity contribution is 0.0260. The van der Waals surface area contributed by atoms with Gasteiger partial charge in [-0.1, -0.05) is 26.0 Å². The molecule has 0 spiro atoms. The van der Waals surface area contributed by atoms with Gasteiger partial charge < -0.3 is 10.1 Å². The van der Waals surface area contributed by atoms with Crippen LogP contribution in [-0.4, -0.2) is 20.3 Å². The van der Waals surface area contributed by atoms with Gasteiger partial charge in [-0.3, -0.25) is 9.36 Å². The van der Waals surface area contributed by atoms with Gasteiger partial charge in [-0.05, 0) is 37.8 Å². The molecule has 0 radical (unpaired) electrons. The van der Waals surface area contributed by atoms with Crippen LogP contribution in [0.5, 0.6) is 0 Å². The van der Waals surface area contributed by atoms with Crippen molar-refractivity contribution in [2.75, 3.05) is 0 Å². The number of rotatable bonds is 5. The molecule has 5 nitrogen and oxygen atoms in total. The number of aliphatic hydroxyl groups is 1. The topological polar surface area (TPSA) is 75.1 Å². The van der Waals surface area contributed by atoms with Crippen LogP contribution in [0.3, 0.4) is 0 Å². The third kappa shape index (κ3) is 3.61. The monoisotopic (exact) mass is 290 g/mol. The lowest BCUT2D eigenvalue weighted by Gasteiger charge is -2.24. The number of hydrogen-bond donors (Lipinski definition) is 2. The maximum Gasteiger partial charge on any atom is 0.328 e.